The van der Waals surface area contributed by atoms with Gasteiger partial charge in [-0.2, -0.15) is 0 Å². The fourth-order valence-electron chi connectivity index (χ4n) is 2.97. The summed E-state index contributed by atoms with van der Waals surface area (Å²) >= 11 is 5.77. The summed E-state index contributed by atoms with van der Waals surface area (Å²) in [6, 6.07) is 0.332. The van der Waals surface area contributed by atoms with Gasteiger partial charge in [0.25, 0.3) is 0 Å². The molecule has 2 fully saturated rings. The van der Waals surface area contributed by atoms with Gasteiger partial charge in [-0.25, -0.2) is 9.97 Å². The molecule has 4 atom stereocenters. The van der Waals surface area contributed by atoms with Gasteiger partial charge in [-0.1, -0.05) is 11.6 Å². The molecule has 1 aromatic rings. The fraction of sp³-hybridized carbons (Fsp3) is 0.667. The van der Waals surface area contributed by atoms with E-state index in [-0.39, 0.29) is 0 Å². The van der Waals surface area contributed by atoms with Gasteiger partial charge in [-0.3, -0.25) is 0 Å². The molecule has 0 bridgehead atoms. The van der Waals surface area contributed by atoms with Crippen molar-refractivity contribution >= 4 is 17.5 Å². The molecule has 1 N–H and O–H groups in total. The van der Waals surface area contributed by atoms with Gasteiger partial charge >= 0.3 is 0 Å². The van der Waals surface area contributed by atoms with Gasteiger partial charge < -0.3 is 14.8 Å². The first-order chi connectivity index (χ1) is 8.79. The van der Waals surface area contributed by atoms with Crippen LogP contribution in [0.1, 0.15) is 6.42 Å². The molecule has 0 aromatic carbocycles. The van der Waals surface area contributed by atoms with Crippen molar-refractivity contribution in [3.63, 3.8) is 0 Å². The minimum Gasteiger partial charge on any atom is -0.384 e. The van der Waals surface area contributed by atoms with Gasteiger partial charge in [0.2, 0.25) is 5.95 Å². The maximum Gasteiger partial charge on any atom is 0.222 e. The van der Waals surface area contributed by atoms with E-state index < -0.39 is 0 Å². The average Bonchev–Trinajstić information content (AvgIpc) is 2.80. The van der Waals surface area contributed by atoms with Crippen molar-refractivity contribution in [1.82, 2.24) is 9.97 Å². The zero-order chi connectivity index (χ0) is 12.5. The summed E-state index contributed by atoms with van der Waals surface area (Å²) in [5, 5.41) is 3.92. The van der Waals surface area contributed by atoms with Crippen LogP contribution in [0.25, 0.3) is 0 Å². The molecule has 2 heterocycles. The predicted octanol–water partition coefficient (Wildman–Crippen LogP) is 1.59. The van der Waals surface area contributed by atoms with Crippen molar-refractivity contribution in [2.45, 2.75) is 18.6 Å². The zero-order valence-corrected chi connectivity index (χ0v) is 10.9. The molecular weight excluding hydrogens is 254 g/mol. The normalized spacial score (nSPS) is 33.9. The average molecular weight is 270 g/mol. The smallest absolute Gasteiger partial charge is 0.222 e. The van der Waals surface area contributed by atoms with Crippen molar-refractivity contribution in [3.05, 3.63) is 17.4 Å². The molecule has 3 rings (SSSR count). The summed E-state index contributed by atoms with van der Waals surface area (Å²) in [6.07, 6.45) is 4.62. The number of anilines is 1. The Morgan fingerprint density at radius 2 is 2.28 bits per heavy atom. The molecular formula is C12H16ClN3O2. The van der Waals surface area contributed by atoms with Gasteiger partial charge in [0.05, 0.1) is 30.1 Å². The lowest BCUT2D eigenvalue weighted by Crippen LogP contribution is -2.58. The summed E-state index contributed by atoms with van der Waals surface area (Å²) < 4.78 is 11.0. The van der Waals surface area contributed by atoms with Gasteiger partial charge in [-0.15, -0.1) is 0 Å². The van der Waals surface area contributed by atoms with E-state index in [2.05, 4.69) is 15.3 Å². The quantitative estimate of drug-likeness (QED) is 0.900. The maximum absolute atomic E-state index is 5.77. The van der Waals surface area contributed by atoms with Crippen molar-refractivity contribution < 1.29 is 9.47 Å². The summed E-state index contributed by atoms with van der Waals surface area (Å²) in [6.45, 7) is 1.54. The third-order valence-corrected chi connectivity index (χ3v) is 4.00. The Balaban J connectivity index is 1.69. The first-order valence-corrected chi connectivity index (χ1v) is 6.52. The number of nitrogens with zero attached hydrogens (tertiary/aromatic N) is 2. The van der Waals surface area contributed by atoms with E-state index in [9.17, 15) is 0 Å². The van der Waals surface area contributed by atoms with E-state index in [0.29, 0.717) is 41.6 Å². The minimum atomic E-state index is 0.328. The van der Waals surface area contributed by atoms with Crippen LogP contribution < -0.4 is 5.32 Å². The van der Waals surface area contributed by atoms with Crippen LogP contribution in [-0.4, -0.2) is 42.4 Å². The molecule has 0 amide bonds. The maximum atomic E-state index is 5.77. The largest absolute Gasteiger partial charge is 0.384 e. The molecule has 5 nitrogen and oxygen atoms in total. The second-order valence-electron chi connectivity index (χ2n) is 4.80. The van der Waals surface area contributed by atoms with Crippen LogP contribution in [-0.2, 0) is 9.47 Å². The third kappa shape index (κ3) is 2.06. The molecule has 1 aliphatic heterocycles. The summed E-state index contributed by atoms with van der Waals surface area (Å²) in [5.74, 6) is 1.54. The predicted molar refractivity (Wildman–Crippen MR) is 67.7 cm³/mol. The Morgan fingerprint density at radius 1 is 1.50 bits per heavy atom. The Kier molecular flexibility index (Phi) is 3.37. The Labute approximate surface area is 111 Å². The van der Waals surface area contributed by atoms with Crippen molar-refractivity contribution in [3.8, 4) is 0 Å². The number of nitrogens with one attached hydrogen (secondary N) is 1. The van der Waals surface area contributed by atoms with Gasteiger partial charge in [0.15, 0.2) is 0 Å². The van der Waals surface area contributed by atoms with E-state index in [1.165, 1.54) is 0 Å². The number of halogens is 1. The Hall–Kier alpha value is -0.910. The first-order valence-electron chi connectivity index (χ1n) is 6.14. The number of fused-ring (bicyclic) bond motifs is 1. The number of rotatable bonds is 4. The van der Waals surface area contributed by atoms with Gasteiger partial charge in [-0.05, 0) is 6.42 Å². The molecule has 0 radical (unpaired) electrons. The molecule has 1 aliphatic carbocycles. The lowest BCUT2D eigenvalue weighted by molar-refractivity contribution is -0.0668. The van der Waals surface area contributed by atoms with Crippen LogP contribution in [0, 0.1) is 11.8 Å². The molecule has 1 aromatic heterocycles. The number of methoxy groups -OCH3 is 1. The van der Waals surface area contributed by atoms with Crippen molar-refractivity contribution in [2.24, 2.45) is 11.8 Å². The molecule has 6 heteroatoms. The highest BCUT2D eigenvalue weighted by molar-refractivity contribution is 6.30. The SMILES string of the molecule is COC[C@@H]1[C@H](Nc2ncc(Cl)cn2)[C@@H]2CCO[C@H]12. The third-order valence-electron chi connectivity index (χ3n) is 3.80. The number of aromatic nitrogens is 2. The highest BCUT2D eigenvalue weighted by Crippen LogP contribution is 2.44. The second-order valence-corrected chi connectivity index (χ2v) is 5.24. The number of hydrogen-bond donors (Lipinski definition) is 1. The molecule has 98 valence electrons. The monoisotopic (exact) mass is 269 g/mol. The second kappa shape index (κ2) is 4.99. The lowest BCUT2D eigenvalue weighted by atomic mass is 9.67. The zero-order valence-electron chi connectivity index (χ0n) is 10.2. The van der Waals surface area contributed by atoms with Gasteiger partial charge in [0, 0.05) is 31.6 Å². The lowest BCUT2D eigenvalue weighted by Gasteiger charge is -2.47. The van der Waals surface area contributed by atoms with E-state index >= 15 is 0 Å². The van der Waals surface area contributed by atoms with E-state index in [0.717, 1.165) is 13.0 Å². The molecule has 0 spiro atoms. The summed E-state index contributed by atoms with van der Waals surface area (Å²) in [5.41, 5.74) is 0. The van der Waals surface area contributed by atoms with Crippen molar-refractivity contribution in [1.29, 1.82) is 0 Å². The topological polar surface area (TPSA) is 56.3 Å². The van der Waals surface area contributed by atoms with Crippen LogP contribution >= 0.6 is 11.6 Å². The molecule has 2 aliphatic rings. The van der Waals surface area contributed by atoms with Crippen LogP contribution in [0.4, 0.5) is 5.95 Å². The van der Waals surface area contributed by atoms with E-state index in [1.807, 2.05) is 0 Å². The van der Waals surface area contributed by atoms with Crippen molar-refractivity contribution in [2.75, 3.05) is 25.6 Å². The Morgan fingerprint density at radius 3 is 3.00 bits per heavy atom. The number of hydrogen-bond acceptors (Lipinski definition) is 5. The molecule has 1 saturated heterocycles. The highest BCUT2D eigenvalue weighted by atomic mass is 35.5. The highest BCUT2D eigenvalue weighted by Gasteiger charge is 2.53. The Bertz CT molecular complexity index is 414. The number of ether oxygens (including phenoxy) is 2. The van der Waals surface area contributed by atoms with Crippen LogP contribution in [0.2, 0.25) is 5.02 Å². The molecule has 18 heavy (non-hydrogen) atoms. The van der Waals surface area contributed by atoms with E-state index in [4.69, 9.17) is 21.1 Å². The standard InChI is InChI=1S/C12H16ClN3O2/c1-17-6-9-10(8-2-3-18-11(8)9)16-12-14-4-7(13)5-15-12/h4-5,8-11H,2-3,6H2,1H3,(H,14,15,16)/t8-,9+,10+,11-/m0/s1. The molecule has 1 saturated carbocycles. The van der Waals surface area contributed by atoms with Gasteiger partial charge in [0.1, 0.15) is 0 Å². The van der Waals surface area contributed by atoms with Crippen LogP contribution in [0.5, 0.6) is 0 Å². The molecule has 0 unspecified atom stereocenters. The minimum absolute atomic E-state index is 0.328. The van der Waals surface area contributed by atoms with Crippen LogP contribution in [0.15, 0.2) is 12.4 Å². The first kappa shape index (κ1) is 12.1. The fourth-order valence-corrected chi connectivity index (χ4v) is 3.07. The van der Waals surface area contributed by atoms with Crippen LogP contribution in [0.3, 0.4) is 0 Å². The summed E-state index contributed by atoms with van der Waals surface area (Å²) in [7, 11) is 1.72. The summed E-state index contributed by atoms with van der Waals surface area (Å²) in [4.78, 5) is 8.35. The van der Waals surface area contributed by atoms with E-state index in [1.54, 1.807) is 19.5 Å².